The van der Waals surface area contributed by atoms with Crippen molar-refractivity contribution < 1.29 is 19.1 Å². The molecule has 2 aliphatic carbocycles. The molecule has 2 aliphatic rings. The number of nitrogens with zero attached hydrogens (tertiary/aromatic N) is 6. The number of rotatable bonds is 6. The molecule has 2 heterocycles. The Hall–Kier alpha value is -8.80. The third-order valence-electron chi connectivity index (χ3n) is 11.8. The van der Waals surface area contributed by atoms with E-state index in [9.17, 15) is 9.59 Å². The Morgan fingerprint density at radius 1 is 0.471 bits per heavy atom. The summed E-state index contributed by atoms with van der Waals surface area (Å²) < 4.78 is 10.6. The summed E-state index contributed by atoms with van der Waals surface area (Å²) in [5.41, 5.74) is 10.8. The first-order chi connectivity index (χ1) is 34.2. The van der Waals surface area contributed by atoms with Crippen molar-refractivity contribution in [3.05, 3.63) is 202 Å². The molecule has 0 N–H and O–H groups in total. The minimum atomic E-state index is -0.893. The summed E-state index contributed by atoms with van der Waals surface area (Å²) >= 11 is 10.8. The van der Waals surface area contributed by atoms with E-state index < -0.39 is 32.8 Å². The van der Waals surface area contributed by atoms with Crippen LogP contribution in [0.4, 0.5) is 0 Å². The molecule has 2 aromatic heterocycles. The van der Waals surface area contributed by atoms with Crippen LogP contribution in [0.1, 0.15) is 11.1 Å². The van der Waals surface area contributed by atoms with E-state index in [1.807, 2.05) is 84.9 Å². The van der Waals surface area contributed by atoms with Gasteiger partial charge in [0.15, 0.2) is 11.6 Å². The van der Waals surface area contributed by atoms with Gasteiger partial charge in [-0.05, 0) is 78.4 Å². The van der Waals surface area contributed by atoms with Gasteiger partial charge in [-0.1, -0.05) is 138 Å². The molecule has 0 aliphatic heterocycles. The normalized spacial score (nSPS) is 12.7. The Balaban J connectivity index is 0.000000138. The predicted octanol–water partition coefficient (Wildman–Crippen LogP) is 12.9. The minimum absolute atomic E-state index is 0.521. The van der Waals surface area contributed by atoms with Gasteiger partial charge >= 0.3 is 0 Å². The van der Waals surface area contributed by atoms with E-state index in [1.54, 1.807) is 14.2 Å². The highest BCUT2D eigenvalue weighted by molar-refractivity contribution is 6.59. The molecule has 10 nitrogen and oxygen atoms in total. The number of hydrogen-bond acceptors (Lipinski definition) is 10. The Bertz CT molecular complexity index is 3600. The van der Waals surface area contributed by atoms with Crippen molar-refractivity contribution in [2.24, 2.45) is 0 Å². The van der Waals surface area contributed by atoms with Gasteiger partial charge in [0.2, 0.25) is 11.6 Å². The van der Waals surface area contributed by atoms with Gasteiger partial charge in [0.25, 0.3) is 0 Å². The lowest BCUT2D eigenvalue weighted by molar-refractivity contribution is -0.115. The second kappa shape index (κ2) is 20.6. The van der Waals surface area contributed by atoms with Crippen molar-refractivity contribution in [3.8, 4) is 80.2 Å². The van der Waals surface area contributed by atoms with Crippen LogP contribution in [-0.4, -0.2) is 45.7 Å². The summed E-state index contributed by atoms with van der Waals surface area (Å²) in [5, 5.41) is 19.4. The van der Waals surface area contributed by atoms with Gasteiger partial charge < -0.3 is 9.47 Å². The fraction of sp³-hybridized carbons (Fsp3) is 0.0690. The average molecular weight is 954 g/mol. The second-order valence-electron chi connectivity index (χ2n) is 15.9. The van der Waals surface area contributed by atoms with Crippen LogP contribution < -0.4 is 9.47 Å². The van der Waals surface area contributed by atoms with Crippen LogP contribution in [-0.2, 0) is 22.4 Å². The first-order valence-corrected chi connectivity index (χ1v) is 22.7. The first-order valence-electron chi connectivity index (χ1n) is 22.0. The largest absolute Gasteiger partial charge is 0.497 e. The van der Waals surface area contributed by atoms with Crippen LogP contribution >= 0.6 is 23.2 Å². The Morgan fingerprint density at radius 3 is 1.53 bits per heavy atom. The maximum Gasteiger partial charge on any atom is 0.218 e. The zero-order chi connectivity index (χ0) is 48.7. The summed E-state index contributed by atoms with van der Waals surface area (Å²) in [5.74, 6) is 1.39. The van der Waals surface area contributed by atoms with Crippen molar-refractivity contribution in [1.29, 1.82) is 10.5 Å². The van der Waals surface area contributed by atoms with Gasteiger partial charge in [0.05, 0.1) is 36.8 Å². The van der Waals surface area contributed by atoms with Gasteiger partial charge in [-0.3, -0.25) is 9.59 Å². The molecule has 0 spiro atoms. The van der Waals surface area contributed by atoms with Crippen LogP contribution in [0.2, 0.25) is 0 Å². The number of fused-ring (bicyclic) bond motifs is 6. The fourth-order valence-electron chi connectivity index (χ4n) is 8.28. The monoisotopic (exact) mass is 952 g/mol. The number of carbonyl (C=O) groups is 2. The molecule has 0 radical (unpaired) electrons. The first kappa shape index (κ1) is 46.3. The number of nitriles is 2. The number of hydrogen-bond donors (Lipinski definition) is 0. The Kier molecular flexibility index (Phi) is 13.6. The molecule has 9 aromatic rings. The molecule has 7 aromatic carbocycles. The summed E-state index contributed by atoms with van der Waals surface area (Å²) in [6.45, 7) is 0. The molecule has 0 saturated heterocycles. The molecular formula is C58H38Cl2N6O4. The lowest BCUT2D eigenvalue weighted by atomic mass is 9.86. The van der Waals surface area contributed by atoms with E-state index in [0.717, 1.165) is 91.6 Å². The van der Waals surface area contributed by atoms with Crippen molar-refractivity contribution in [3.63, 3.8) is 0 Å². The van der Waals surface area contributed by atoms with Crippen molar-refractivity contribution in [2.75, 3.05) is 14.2 Å². The minimum Gasteiger partial charge on any atom is -0.497 e. The van der Waals surface area contributed by atoms with E-state index in [0.29, 0.717) is 0 Å². The topological polar surface area (TPSA) is 152 Å². The van der Waals surface area contributed by atoms with Crippen LogP contribution in [0.5, 0.6) is 11.5 Å². The Labute approximate surface area is 413 Å². The van der Waals surface area contributed by atoms with E-state index in [1.165, 1.54) is 34.2 Å². The third-order valence-corrected chi connectivity index (χ3v) is 12.6. The highest BCUT2D eigenvalue weighted by Gasteiger charge is 2.33. The molecule has 12 heteroatoms. The number of aryl methyl sites for hydroxylation is 1. The van der Waals surface area contributed by atoms with Crippen LogP contribution in [0.3, 0.4) is 0 Å². The van der Waals surface area contributed by atoms with Gasteiger partial charge in [0.1, 0.15) is 44.8 Å². The number of halogens is 2. The quantitative estimate of drug-likeness (QED) is 0.116. The highest BCUT2D eigenvalue weighted by Crippen LogP contribution is 2.39. The number of methoxy groups -OCH3 is 2. The molecule has 0 bridgehead atoms. The van der Waals surface area contributed by atoms with E-state index >= 15 is 0 Å². The second-order valence-corrected chi connectivity index (χ2v) is 16.7. The standard InChI is InChI=1S/C25H20N2O.C25H18N2O.C8Cl2N2O2/c2*1-28-20-14-11-18(12-15-20)23-22-16-13-17-7-5-6-10-21(17)24(22)27-25(26-23)19-8-3-2-4-9-19;9-5-6(10)8(14)4(2-12)3(1-11)7(5)13/h2-12,14-15H,13,16H2,1H3;2-16H,1H3;. The number of benzene rings is 7. The smallest absolute Gasteiger partial charge is 0.218 e. The van der Waals surface area contributed by atoms with Crippen molar-refractivity contribution in [1.82, 2.24) is 19.9 Å². The van der Waals surface area contributed by atoms with Gasteiger partial charge in [-0.25, -0.2) is 19.9 Å². The zero-order valence-electron chi connectivity index (χ0n) is 37.7. The SMILES string of the molecule is COc1ccc(-c2nc(-c3ccccc3)nc3c2CCc2ccccc2-3)cc1.COc1ccc(-c2nc(-c3ccccc3)nc3c2ccc2ccccc23)cc1.N#CC1=C(C#N)C(=O)C(Cl)=C(Cl)C1=O. The van der Waals surface area contributed by atoms with Crippen molar-refractivity contribution in [2.45, 2.75) is 12.8 Å². The summed E-state index contributed by atoms with van der Waals surface area (Å²) in [4.78, 5) is 42.4. The third kappa shape index (κ3) is 9.25. The average Bonchev–Trinajstić information content (AvgIpc) is 3.43. The van der Waals surface area contributed by atoms with Crippen LogP contribution in [0, 0.1) is 22.7 Å². The fourth-order valence-corrected chi connectivity index (χ4v) is 8.65. The summed E-state index contributed by atoms with van der Waals surface area (Å²) in [7, 11) is 3.36. The summed E-state index contributed by atoms with van der Waals surface area (Å²) in [6, 6.07) is 60.5. The van der Waals surface area contributed by atoms with Gasteiger partial charge in [0, 0.05) is 44.2 Å². The number of carbonyl (C=O) groups excluding carboxylic acids is 2. The number of Topliss-reactive ketones (excluding diaryl/α,β-unsaturated/α-hetero) is 2. The van der Waals surface area contributed by atoms with E-state index in [4.69, 9.17) is 63.1 Å². The van der Waals surface area contributed by atoms with Crippen molar-refractivity contribution >= 4 is 56.4 Å². The molecule has 338 valence electrons. The molecule has 0 saturated carbocycles. The highest BCUT2D eigenvalue weighted by atomic mass is 35.5. The van der Waals surface area contributed by atoms with Crippen LogP contribution in [0.25, 0.3) is 78.2 Å². The predicted molar refractivity (Wildman–Crippen MR) is 274 cm³/mol. The maximum absolute atomic E-state index is 11.2. The Morgan fingerprint density at radius 2 is 0.957 bits per heavy atom. The summed E-state index contributed by atoms with van der Waals surface area (Å²) in [6.07, 6.45) is 1.96. The number of aromatic nitrogens is 4. The molecular weight excluding hydrogens is 916 g/mol. The van der Waals surface area contributed by atoms with Crippen LogP contribution in [0.15, 0.2) is 191 Å². The molecule has 0 unspecified atom stereocenters. The maximum atomic E-state index is 11.2. The molecule has 11 rings (SSSR count). The zero-order valence-corrected chi connectivity index (χ0v) is 39.2. The van der Waals surface area contributed by atoms with E-state index in [-0.39, 0.29) is 0 Å². The molecule has 0 amide bonds. The molecule has 0 atom stereocenters. The lowest BCUT2D eigenvalue weighted by Gasteiger charge is -2.22. The van der Waals surface area contributed by atoms with Gasteiger partial charge in [-0.2, -0.15) is 10.5 Å². The molecule has 0 fully saturated rings. The number of ether oxygens (including phenoxy) is 2. The lowest BCUT2D eigenvalue weighted by Crippen LogP contribution is -2.18. The number of ketones is 2. The van der Waals surface area contributed by atoms with Gasteiger partial charge in [-0.15, -0.1) is 0 Å². The number of allylic oxidation sites excluding steroid dienone is 4. The van der Waals surface area contributed by atoms with E-state index in [2.05, 4.69) is 84.9 Å². The molecule has 70 heavy (non-hydrogen) atoms.